The Bertz CT molecular complexity index is 392. The molecule has 2 unspecified atom stereocenters. The zero-order valence-corrected chi connectivity index (χ0v) is 19.2. The maximum atomic E-state index is 5.97. The molecule has 154 valence electrons. The van der Waals surface area contributed by atoms with Crippen molar-refractivity contribution in [1.29, 1.82) is 0 Å². The number of morpholine rings is 1. The summed E-state index contributed by atoms with van der Waals surface area (Å²) in [6.07, 6.45) is 8.06. The molecular weight excluding hydrogens is 443 g/mol. The van der Waals surface area contributed by atoms with Gasteiger partial charge in [0.15, 0.2) is 5.96 Å². The van der Waals surface area contributed by atoms with Crippen molar-refractivity contribution in [2.24, 2.45) is 4.99 Å². The minimum Gasteiger partial charge on any atom is -0.379 e. The molecule has 1 saturated carbocycles. The second-order valence-corrected chi connectivity index (χ2v) is 7.38. The summed E-state index contributed by atoms with van der Waals surface area (Å²) < 4.78 is 11.5. The van der Waals surface area contributed by atoms with E-state index in [1.807, 2.05) is 7.05 Å². The zero-order valence-electron chi connectivity index (χ0n) is 16.8. The van der Waals surface area contributed by atoms with Gasteiger partial charge in [-0.3, -0.25) is 9.89 Å². The Kier molecular flexibility index (Phi) is 12.8. The Morgan fingerprint density at radius 2 is 2.04 bits per heavy atom. The molecule has 1 heterocycles. The third kappa shape index (κ3) is 8.71. The van der Waals surface area contributed by atoms with Crippen LogP contribution in [0.4, 0.5) is 0 Å². The van der Waals surface area contributed by atoms with Gasteiger partial charge in [0.25, 0.3) is 0 Å². The maximum Gasteiger partial charge on any atom is 0.191 e. The van der Waals surface area contributed by atoms with Crippen LogP contribution in [0.25, 0.3) is 0 Å². The molecule has 0 aromatic heterocycles. The standard InChI is InChI=1S/C19H38N4O2.HI/c1-16(23-11-13-24-15-17(23)2)14-22-19(20-3)21-10-7-12-25-18-8-5-4-6-9-18;/h16-18H,4-15H2,1-3H3,(H2,20,21,22);1H. The van der Waals surface area contributed by atoms with Crippen LogP contribution in [-0.2, 0) is 9.47 Å². The highest BCUT2D eigenvalue weighted by atomic mass is 127. The fraction of sp³-hybridized carbons (Fsp3) is 0.947. The van der Waals surface area contributed by atoms with Crippen LogP contribution in [0.15, 0.2) is 4.99 Å². The highest BCUT2D eigenvalue weighted by molar-refractivity contribution is 14.0. The number of ether oxygens (including phenoxy) is 2. The van der Waals surface area contributed by atoms with Crippen LogP contribution >= 0.6 is 24.0 Å². The monoisotopic (exact) mass is 482 g/mol. The molecule has 2 N–H and O–H groups in total. The Hall–Kier alpha value is -0.120. The summed E-state index contributed by atoms with van der Waals surface area (Å²) in [6, 6.07) is 0.949. The predicted octanol–water partition coefficient (Wildman–Crippen LogP) is 2.62. The van der Waals surface area contributed by atoms with Crippen LogP contribution in [0, 0.1) is 0 Å². The molecule has 0 amide bonds. The van der Waals surface area contributed by atoms with Gasteiger partial charge in [0, 0.05) is 45.4 Å². The molecule has 0 spiro atoms. The molecule has 2 atom stereocenters. The zero-order chi connectivity index (χ0) is 17.9. The topological polar surface area (TPSA) is 58.1 Å². The van der Waals surface area contributed by atoms with E-state index >= 15 is 0 Å². The molecule has 1 aliphatic carbocycles. The van der Waals surface area contributed by atoms with Crippen molar-refractivity contribution in [3.63, 3.8) is 0 Å². The number of hydrogen-bond acceptors (Lipinski definition) is 4. The van der Waals surface area contributed by atoms with E-state index < -0.39 is 0 Å². The minimum atomic E-state index is 0. The van der Waals surface area contributed by atoms with Gasteiger partial charge in [-0.05, 0) is 33.1 Å². The largest absolute Gasteiger partial charge is 0.379 e. The molecule has 2 aliphatic rings. The third-order valence-corrected chi connectivity index (χ3v) is 5.29. The minimum absolute atomic E-state index is 0. The average molecular weight is 482 g/mol. The van der Waals surface area contributed by atoms with Crippen LogP contribution in [0.3, 0.4) is 0 Å². The molecular formula is C19H39IN4O2. The first-order chi connectivity index (χ1) is 12.2. The van der Waals surface area contributed by atoms with Crippen molar-refractivity contribution in [3.8, 4) is 0 Å². The van der Waals surface area contributed by atoms with Crippen LogP contribution < -0.4 is 10.6 Å². The molecule has 0 aromatic rings. The number of halogens is 1. The SMILES string of the molecule is CN=C(NCCCOC1CCCCC1)NCC(C)N1CCOCC1C.I. The van der Waals surface area contributed by atoms with Gasteiger partial charge in [-0.25, -0.2) is 0 Å². The molecule has 0 radical (unpaired) electrons. The smallest absolute Gasteiger partial charge is 0.191 e. The van der Waals surface area contributed by atoms with E-state index in [2.05, 4.69) is 34.4 Å². The van der Waals surface area contributed by atoms with E-state index in [0.717, 1.165) is 51.8 Å². The third-order valence-electron chi connectivity index (χ3n) is 5.29. The van der Waals surface area contributed by atoms with Gasteiger partial charge < -0.3 is 20.1 Å². The second kappa shape index (κ2) is 14.0. The lowest BCUT2D eigenvalue weighted by Crippen LogP contribution is -2.53. The first-order valence-electron chi connectivity index (χ1n) is 10.1. The van der Waals surface area contributed by atoms with Crippen LogP contribution in [0.5, 0.6) is 0 Å². The molecule has 26 heavy (non-hydrogen) atoms. The Labute approximate surface area is 176 Å². The van der Waals surface area contributed by atoms with E-state index in [0.29, 0.717) is 18.2 Å². The Morgan fingerprint density at radius 3 is 2.73 bits per heavy atom. The van der Waals surface area contributed by atoms with Gasteiger partial charge >= 0.3 is 0 Å². The molecule has 0 bridgehead atoms. The highest BCUT2D eigenvalue weighted by Gasteiger charge is 2.23. The summed E-state index contributed by atoms with van der Waals surface area (Å²) in [7, 11) is 1.83. The Balaban J connectivity index is 0.00000338. The molecule has 7 heteroatoms. The van der Waals surface area contributed by atoms with Gasteiger partial charge in [0.05, 0.1) is 19.3 Å². The molecule has 1 saturated heterocycles. The second-order valence-electron chi connectivity index (χ2n) is 7.38. The van der Waals surface area contributed by atoms with Crippen molar-refractivity contribution in [1.82, 2.24) is 15.5 Å². The fourth-order valence-electron chi connectivity index (χ4n) is 3.74. The van der Waals surface area contributed by atoms with Crippen molar-refractivity contribution in [3.05, 3.63) is 0 Å². The van der Waals surface area contributed by atoms with Crippen molar-refractivity contribution in [2.75, 3.05) is 46.5 Å². The van der Waals surface area contributed by atoms with Crippen LogP contribution in [0.2, 0.25) is 0 Å². The van der Waals surface area contributed by atoms with E-state index in [4.69, 9.17) is 9.47 Å². The van der Waals surface area contributed by atoms with E-state index in [-0.39, 0.29) is 24.0 Å². The van der Waals surface area contributed by atoms with E-state index in [1.54, 1.807) is 0 Å². The summed E-state index contributed by atoms with van der Waals surface area (Å²) in [5.41, 5.74) is 0. The normalized spacial score (nSPS) is 24.0. The first kappa shape index (κ1) is 23.9. The van der Waals surface area contributed by atoms with Crippen molar-refractivity contribution >= 4 is 29.9 Å². The van der Waals surface area contributed by atoms with Crippen molar-refractivity contribution < 1.29 is 9.47 Å². The van der Waals surface area contributed by atoms with Gasteiger partial charge in [-0.1, -0.05) is 19.3 Å². The summed E-state index contributed by atoms with van der Waals surface area (Å²) in [6.45, 7) is 9.80. The van der Waals surface area contributed by atoms with E-state index in [9.17, 15) is 0 Å². The summed E-state index contributed by atoms with van der Waals surface area (Å²) >= 11 is 0. The first-order valence-corrected chi connectivity index (χ1v) is 10.1. The maximum absolute atomic E-state index is 5.97. The molecule has 0 aromatic carbocycles. The number of aliphatic imine (C=N–C) groups is 1. The van der Waals surface area contributed by atoms with Gasteiger partial charge in [-0.15, -0.1) is 24.0 Å². The number of rotatable bonds is 8. The molecule has 2 rings (SSSR count). The molecule has 2 fully saturated rings. The predicted molar refractivity (Wildman–Crippen MR) is 119 cm³/mol. The molecule has 6 nitrogen and oxygen atoms in total. The lowest BCUT2D eigenvalue weighted by molar-refractivity contribution is -0.0174. The fourth-order valence-corrected chi connectivity index (χ4v) is 3.74. The Morgan fingerprint density at radius 1 is 1.27 bits per heavy atom. The van der Waals surface area contributed by atoms with Crippen LogP contribution in [-0.4, -0.2) is 75.5 Å². The van der Waals surface area contributed by atoms with Crippen LogP contribution in [0.1, 0.15) is 52.4 Å². The quantitative estimate of drug-likeness (QED) is 0.241. The number of nitrogens with zero attached hydrogens (tertiary/aromatic N) is 2. The highest BCUT2D eigenvalue weighted by Crippen LogP contribution is 2.20. The number of nitrogens with one attached hydrogen (secondary N) is 2. The average Bonchev–Trinajstić information content (AvgIpc) is 2.65. The molecule has 1 aliphatic heterocycles. The van der Waals surface area contributed by atoms with Crippen molar-refractivity contribution in [2.45, 2.75) is 70.6 Å². The summed E-state index contributed by atoms with van der Waals surface area (Å²) in [5.74, 6) is 0.880. The summed E-state index contributed by atoms with van der Waals surface area (Å²) in [5, 5.41) is 6.84. The van der Waals surface area contributed by atoms with E-state index in [1.165, 1.54) is 32.1 Å². The lowest BCUT2D eigenvalue weighted by atomic mass is 9.98. The number of hydrogen-bond donors (Lipinski definition) is 2. The number of guanidine groups is 1. The van der Waals surface area contributed by atoms with Gasteiger partial charge in [0.1, 0.15) is 0 Å². The van der Waals surface area contributed by atoms with Gasteiger partial charge in [0.2, 0.25) is 0 Å². The lowest BCUT2D eigenvalue weighted by Gasteiger charge is -2.38. The van der Waals surface area contributed by atoms with Gasteiger partial charge in [-0.2, -0.15) is 0 Å². The summed E-state index contributed by atoms with van der Waals surface area (Å²) in [4.78, 5) is 6.82.